The average molecular weight is 543 g/mol. The van der Waals surface area contributed by atoms with E-state index in [1.807, 2.05) is 46.1 Å². The molecule has 0 N–H and O–H groups in total. The first-order valence-electron chi connectivity index (χ1n) is 13.4. The molecule has 4 nitrogen and oxygen atoms in total. The van der Waals surface area contributed by atoms with Crippen LogP contribution in [0.1, 0.15) is 22.5 Å². The Balaban J connectivity index is 1.21. The van der Waals surface area contributed by atoms with E-state index in [2.05, 4.69) is 105 Å². The summed E-state index contributed by atoms with van der Waals surface area (Å²) in [4.78, 5) is 14.2. The summed E-state index contributed by atoms with van der Waals surface area (Å²) in [5, 5.41) is 0. The highest BCUT2D eigenvalue weighted by Gasteiger charge is 2.09. The van der Waals surface area contributed by atoms with E-state index in [0.29, 0.717) is 0 Å². The monoisotopic (exact) mass is 542 g/mol. The maximum absolute atomic E-state index is 4.51. The van der Waals surface area contributed by atoms with Gasteiger partial charge >= 0.3 is 0 Å². The largest absolute Gasteiger partial charge is 0.298 e. The lowest BCUT2D eigenvalue weighted by Gasteiger charge is -2.23. The minimum absolute atomic E-state index is 0.982. The normalized spacial score (nSPS) is 11.3. The summed E-state index contributed by atoms with van der Waals surface area (Å²) in [7, 11) is 3.99. The topological polar surface area (TPSA) is 32.3 Å². The highest BCUT2D eigenvalue weighted by Crippen LogP contribution is 2.22. The average Bonchev–Trinajstić information content (AvgIpc) is 2.98. The molecule has 0 aliphatic rings. The number of rotatable bonds is 17. The van der Waals surface area contributed by atoms with Gasteiger partial charge in [0.25, 0.3) is 0 Å². The summed E-state index contributed by atoms with van der Waals surface area (Å²) in [6.45, 7) is 6.17. The molecule has 0 atom stereocenters. The van der Waals surface area contributed by atoms with Crippen LogP contribution in [0.5, 0.6) is 0 Å². The fraction of sp³-hybridized carbons (Fsp3) is 0.312. The van der Waals surface area contributed by atoms with Crippen LogP contribution in [0.25, 0.3) is 0 Å². The molecule has 2 aromatic carbocycles. The molecule has 0 fully saturated rings. The minimum atomic E-state index is 0.982. The fourth-order valence-corrected chi connectivity index (χ4v) is 6.37. The van der Waals surface area contributed by atoms with Crippen molar-refractivity contribution in [3.8, 4) is 0 Å². The predicted molar refractivity (Wildman–Crippen MR) is 164 cm³/mol. The van der Waals surface area contributed by atoms with Crippen LogP contribution in [0.15, 0.2) is 109 Å². The maximum Gasteiger partial charge on any atom is 0.0416 e. The zero-order valence-corrected chi connectivity index (χ0v) is 23.7. The SMILES string of the molecule is c1ccc(CN(CCSSCCN(CCc2ccccn2)Cc2ccccc2)CCc2ccccn2)cc1. The molecule has 0 amide bonds. The van der Waals surface area contributed by atoms with Crippen molar-refractivity contribution in [2.24, 2.45) is 0 Å². The van der Waals surface area contributed by atoms with E-state index in [0.717, 1.165) is 75.0 Å². The number of benzene rings is 2. The highest BCUT2D eigenvalue weighted by atomic mass is 33.1. The van der Waals surface area contributed by atoms with Crippen LogP contribution in [0.4, 0.5) is 0 Å². The van der Waals surface area contributed by atoms with Gasteiger partial charge in [-0.05, 0) is 35.4 Å². The molecule has 0 aliphatic carbocycles. The Labute approximate surface area is 236 Å². The van der Waals surface area contributed by atoms with Crippen LogP contribution in [-0.4, -0.2) is 57.5 Å². The lowest BCUT2D eigenvalue weighted by atomic mass is 10.2. The molecule has 6 heteroatoms. The van der Waals surface area contributed by atoms with Crippen molar-refractivity contribution in [2.45, 2.75) is 25.9 Å². The second-order valence-electron chi connectivity index (χ2n) is 9.31. The third kappa shape index (κ3) is 11.0. The Morgan fingerprint density at radius 1 is 0.474 bits per heavy atom. The summed E-state index contributed by atoms with van der Waals surface area (Å²) >= 11 is 0. The standard InChI is InChI=1S/C32H38N4S2/c1-3-11-29(12-4-1)27-35(21-17-31-15-7-9-19-33-31)23-25-37-38-26-24-36(28-30-13-5-2-6-14-30)22-18-32-16-8-10-20-34-32/h1-16,19-20H,17-18,21-28H2. The van der Waals surface area contributed by atoms with Crippen LogP contribution < -0.4 is 0 Å². The fourth-order valence-electron chi connectivity index (χ4n) is 4.31. The first kappa shape index (κ1) is 28.4. The molecule has 0 radical (unpaired) electrons. The van der Waals surface area contributed by atoms with Gasteiger partial charge in [-0.25, -0.2) is 0 Å². The summed E-state index contributed by atoms with van der Waals surface area (Å²) in [6.07, 6.45) is 5.74. The molecule has 0 bridgehead atoms. The Bertz CT molecular complexity index is 1040. The highest BCUT2D eigenvalue weighted by molar-refractivity contribution is 8.76. The Hall–Kier alpha value is -2.64. The van der Waals surface area contributed by atoms with E-state index < -0.39 is 0 Å². The number of hydrogen-bond donors (Lipinski definition) is 0. The summed E-state index contributed by atoms with van der Waals surface area (Å²) in [5.41, 5.74) is 5.07. The van der Waals surface area contributed by atoms with Crippen LogP contribution in [-0.2, 0) is 25.9 Å². The molecule has 2 aromatic heterocycles. The number of aromatic nitrogens is 2. The molecule has 0 spiro atoms. The van der Waals surface area contributed by atoms with Crippen molar-refractivity contribution in [1.29, 1.82) is 0 Å². The first-order chi connectivity index (χ1) is 18.8. The van der Waals surface area contributed by atoms with Crippen molar-refractivity contribution >= 4 is 21.6 Å². The quantitative estimate of drug-likeness (QED) is 0.110. The molecule has 0 aliphatic heterocycles. The molecular formula is C32H38N4S2. The van der Waals surface area contributed by atoms with Crippen LogP contribution in [0.2, 0.25) is 0 Å². The lowest BCUT2D eigenvalue weighted by molar-refractivity contribution is 0.285. The third-order valence-electron chi connectivity index (χ3n) is 6.38. The molecule has 198 valence electrons. The van der Waals surface area contributed by atoms with E-state index in [1.165, 1.54) is 11.1 Å². The molecule has 38 heavy (non-hydrogen) atoms. The molecule has 4 rings (SSSR count). The molecule has 0 saturated heterocycles. The predicted octanol–water partition coefficient (Wildman–Crippen LogP) is 6.65. The Morgan fingerprint density at radius 2 is 0.895 bits per heavy atom. The van der Waals surface area contributed by atoms with Gasteiger partial charge in [0.2, 0.25) is 0 Å². The van der Waals surface area contributed by atoms with Gasteiger partial charge in [-0.3, -0.25) is 19.8 Å². The van der Waals surface area contributed by atoms with Crippen molar-refractivity contribution < 1.29 is 0 Å². The van der Waals surface area contributed by atoms with Crippen LogP contribution in [0.3, 0.4) is 0 Å². The molecule has 0 unspecified atom stereocenters. The lowest BCUT2D eigenvalue weighted by Crippen LogP contribution is -2.29. The van der Waals surface area contributed by atoms with Gasteiger partial charge in [-0.2, -0.15) is 0 Å². The number of pyridine rings is 2. The third-order valence-corrected chi connectivity index (χ3v) is 8.75. The minimum Gasteiger partial charge on any atom is -0.298 e. The zero-order valence-electron chi connectivity index (χ0n) is 22.1. The maximum atomic E-state index is 4.51. The van der Waals surface area contributed by atoms with E-state index in [-0.39, 0.29) is 0 Å². The summed E-state index contributed by atoms with van der Waals surface area (Å²) in [5.74, 6) is 2.23. The van der Waals surface area contributed by atoms with Gasteiger partial charge < -0.3 is 0 Å². The van der Waals surface area contributed by atoms with Gasteiger partial charge in [0, 0.05) is 87.4 Å². The first-order valence-corrected chi connectivity index (χ1v) is 15.9. The van der Waals surface area contributed by atoms with Crippen molar-refractivity contribution in [1.82, 2.24) is 19.8 Å². The second-order valence-corrected chi connectivity index (χ2v) is 12.0. The summed E-state index contributed by atoms with van der Waals surface area (Å²) < 4.78 is 0. The van der Waals surface area contributed by atoms with E-state index in [1.54, 1.807) is 0 Å². The Kier molecular flexibility index (Phi) is 12.7. The summed E-state index contributed by atoms with van der Waals surface area (Å²) in [6, 6.07) is 34.0. The van der Waals surface area contributed by atoms with Crippen molar-refractivity contribution in [3.05, 3.63) is 132 Å². The van der Waals surface area contributed by atoms with Crippen molar-refractivity contribution in [2.75, 3.05) is 37.7 Å². The molecular weight excluding hydrogens is 505 g/mol. The number of nitrogens with zero attached hydrogens (tertiary/aromatic N) is 4. The number of hydrogen-bond acceptors (Lipinski definition) is 6. The zero-order chi connectivity index (χ0) is 26.1. The molecule has 2 heterocycles. The molecule has 0 saturated carbocycles. The van der Waals surface area contributed by atoms with Gasteiger partial charge in [0.1, 0.15) is 0 Å². The van der Waals surface area contributed by atoms with E-state index in [9.17, 15) is 0 Å². The Morgan fingerprint density at radius 3 is 1.29 bits per heavy atom. The van der Waals surface area contributed by atoms with E-state index >= 15 is 0 Å². The van der Waals surface area contributed by atoms with Crippen molar-refractivity contribution in [3.63, 3.8) is 0 Å². The molecule has 4 aromatic rings. The van der Waals surface area contributed by atoms with Gasteiger partial charge in [-0.1, -0.05) is 94.4 Å². The van der Waals surface area contributed by atoms with Gasteiger partial charge in [0.05, 0.1) is 0 Å². The van der Waals surface area contributed by atoms with Gasteiger partial charge in [-0.15, -0.1) is 0 Å². The second kappa shape index (κ2) is 17.0. The van der Waals surface area contributed by atoms with E-state index in [4.69, 9.17) is 0 Å². The van der Waals surface area contributed by atoms with Crippen LogP contribution in [0, 0.1) is 0 Å². The van der Waals surface area contributed by atoms with Crippen LogP contribution >= 0.6 is 21.6 Å². The van der Waals surface area contributed by atoms with Gasteiger partial charge in [0.15, 0.2) is 0 Å². The smallest absolute Gasteiger partial charge is 0.0416 e.